The Morgan fingerprint density at radius 3 is 2.62 bits per heavy atom. The molecule has 0 radical (unpaired) electrons. The van der Waals surface area contributed by atoms with Crippen LogP contribution in [0.3, 0.4) is 0 Å². The van der Waals surface area contributed by atoms with E-state index in [0.717, 1.165) is 35.6 Å². The zero-order valence-corrected chi connectivity index (χ0v) is 20.5. The number of halogens is 2. The van der Waals surface area contributed by atoms with E-state index in [1.165, 1.54) is 11.0 Å². The van der Waals surface area contributed by atoms with Gasteiger partial charge in [0.05, 0.1) is 0 Å². The van der Waals surface area contributed by atoms with Gasteiger partial charge in [0, 0.05) is 72.9 Å². The van der Waals surface area contributed by atoms with Gasteiger partial charge in [-0.25, -0.2) is 19.2 Å². The molecule has 0 atom stereocenters. The van der Waals surface area contributed by atoms with Gasteiger partial charge in [-0.1, -0.05) is 29.8 Å². The molecule has 1 amide bonds. The molecule has 2 aromatic carbocycles. The first-order valence-electron chi connectivity index (χ1n) is 11.9. The van der Waals surface area contributed by atoms with Crippen LogP contribution in [-0.4, -0.2) is 63.4 Å². The third-order valence-electron chi connectivity index (χ3n) is 6.72. The largest absolute Gasteiger partial charge is 0.465 e. The Hall–Kier alpha value is -4.18. The SMILES string of the molecule is O=C(O)N1CCN(c2ccc(N=c3ncc4cc(-c5ccccc5Cl)c5n(c-4n3)CCN5)c(F)c2)CC1. The van der Waals surface area contributed by atoms with Crippen LogP contribution in [0.25, 0.3) is 22.5 Å². The first-order valence-corrected chi connectivity index (χ1v) is 12.3. The van der Waals surface area contributed by atoms with Gasteiger partial charge in [-0.2, -0.15) is 4.98 Å². The molecular formula is C26H23ClFN7O2. The second-order valence-corrected chi connectivity index (χ2v) is 9.33. The van der Waals surface area contributed by atoms with E-state index in [0.29, 0.717) is 42.7 Å². The van der Waals surface area contributed by atoms with Crippen LogP contribution in [0.4, 0.5) is 26.4 Å². The molecule has 4 aliphatic heterocycles. The lowest BCUT2D eigenvalue weighted by Crippen LogP contribution is -2.48. The lowest BCUT2D eigenvalue weighted by Gasteiger charge is -2.34. The van der Waals surface area contributed by atoms with Crippen LogP contribution in [0.2, 0.25) is 5.02 Å². The monoisotopic (exact) mass is 519 g/mol. The molecule has 37 heavy (non-hydrogen) atoms. The summed E-state index contributed by atoms with van der Waals surface area (Å²) < 4.78 is 17.1. The minimum Gasteiger partial charge on any atom is -0.465 e. The number of aromatic nitrogens is 3. The minimum atomic E-state index is -0.935. The van der Waals surface area contributed by atoms with Crippen molar-refractivity contribution >= 4 is 34.9 Å². The van der Waals surface area contributed by atoms with Crippen molar-refractivity contribution in [2.45, 2.75) is 6.54 Å². The summed E-state index contributed by atoms with van der Waals surface area (Å²) in [6.45, 7) is 3.24. The summed E-state index contributed by atoms with van der Waals surface area (Å²) in [5.41, 5.74) is 3.71. The van der Waals surface area contributed by atoms with Gasteiger partial charge in [0.25, 0.3) is 5.62 Å². The molecule has 4 aliphatic rings. The summed E-state index contributed by atoms with van der Waals surface area (Å²) in [5.74, 6) is 1.14. The van der Waals surface area contributed by atoms with Crippen LogP contribution in [0.15, 0.2) is 59.7 Å². The molecule has 6 rings (SSSR count). The predicted molar refractivity (Wildman–Crippen MR) is 139 cm³/mol. The maximum absolute atomic E-state index is 15.0. The molecule has 0 aliphatic carbocycles. The molecule has 0 aromatic heterocycles. The van der Waals surface area contributed by atoms with Gasteiger partial charge < -0.3 is 24.8 Å². The number of anilines is 2. The third kappa shape index (κ3) is 4.33. The molecule has 0 unspecified atom stereocenters. The first kappa shape index (κ1) is 23.2. The molecule has 0 saturated carbocycles. The van der Waals surface area contributed by atoms with E-state index >= 15 is 0 Å². The molecule has 2 N–H and O–H groups in total. The van der Waals surface area contributed by atoms with Crippen molar-refractivity contribution in [3.8, 4) is 22.5 Å². The van der Waals surface area contributed by atoms with Gasteiger partial charge in [0.1, 0.15) is 17.3 Å². The molecule has 9 nitrogen and oxygen atoms in total. The van der Waals surface area contributed by atoms with E-state index in [2.05, 4.69) is 24.8 Å². The fraction of sp³-hybridized carbons (Fsp3) is 0.231. The summed E-state index contributed by atoms with van der Waals surface area (Å²) in [6.07, 6.45) is 0.761. The number of benzene rings is 2. The van der Waals surface area contributed by atoms with Crippen molar-refractivity contribution in [2.75, 3.05) is 42.9 Å². The van der Waals surface area contributed by atoms with Gasteiger partial charge in [-0.05, 0) is 30.3 Å². The first-order chi connectivity index (χ1) is 18.0. The van der Waals surface area contributed by atoms with Gasteiger partial charge in [-0.3, -0.25) is 0 Å². The molecule has 2 aromatic rings. The molecule has 0 spiro atoms. The Morgan fingerprint density at radius 2 is 1.86 bits per heavy atom. The summed E-state index contributed by atoms with van der Waals surface area (Å²) in [5, 5.41) is 13.2. The number of hydrogen-bond acceptors (Lipinski definition) is 6. The van der Waals surface area contributed by atoms with Crippen molar-refractivity contribution in [2.24, 2.45) is 4.99 Å². The Labute approximate surface area is 216 Å². The maximum Gasteiger partial charge on any atom is 0.407 e. The predicted octanol–water partition coefficient (Wildman–Crippen LogP) is 4.30. The van der Waals surface area contributed by atoms with Crippen molar-refractivity contribution < 1.29 is 14.3 Å². The standard InChI is InChI=1S/C26H23ClFN7O2/c27-20-4-2-1-3-18(20)19-13-16-15-30-25(32-23(16)35-8-7-29-24(19)35)31-22-6-5-17(14-21(22)28)33-9-11-34(12-10-33)26(36)37/h1-6,13-15,29H,7-12H2,(H,36,37). The van der Waals surface area contributed by atoms with E-state index in [1.54, 1.807) is 18.3 Å². The highest BCUT2D eigenvalue weighted by Crippen LogP contribution is 2.39. The van der Waals surface area contributed by atoms with Crippen LogP contribution in [-0.2, 0) is 6.54 Å². The maximum atomic E-state index is 15.0. The minimum absolute atomic E-state index is 0.139. The van der Waals surface area contributed by atoms with Crippen LogP contribution in [0, 0.1) is 5.82 Å². The van der Waals surface area contributed by atoms with Gasteiger partial charge in [0.2, 0.25) is 0 Å². The highest BCUT2D eigenvalue weighted by Gasteiger charge is 2.24. The molecule has 4 heterocycles. The fourth-order valence-corrected chi connectivity index (χ4v) is 5.08. The number of carbonyl (C=O) groups is 1. The highest BCUT2D eigenvalue weighted by atomic mass is 35.5. The van der Waals surface area contributed by atoms with E-state index in [4.69, 9.17) is 16.7 Å². The zero-order valence-electron chi connectivity index (χ0n) is 19.7. The van der Waals surface area contributed by atoms with Gasteiger partial charge >= 0.3 is 6.09 Å². The smallest absolute Gasteiger partial charge is 0.407 e. The topological polar surface area (TPSA) is 98.9 Å². The van der Waals surface area contributed by atoms with Crippen LogP contribution < -0.4 is 15.8 Å². The Bertz CT molecular complexity index is 1550. The quantitative estimate of drug-likeness (QED) is 0.419. The average molecular weight is 520 g/mol. The van der Waals surface area contributed by atoms with E-state index in [9.17, 15) is 9.18 Å². The van der Waals surface area contributed by atoms with Crippen molar-refractivity contribution in [1.29, 1.82) is 0 Å². The Morgan fingerprint density at radius 1 is 1.05 bits per heavy atom. The molecule has 0 bridgehead atoms. The number of fused-ring (bicyclic) bond motifs is 3. The molecular weight excluding hydrogens is 497 g/mol. The third-order valence-corrected chi connectivity index (χ3v) is 7.05. The number of amides is 1. The summed E-state index contributed by atoms with van der Waals surface area (Å²) in [7, 11) is 0. The summed E-state index contributed by atoms with van der Waals surface area (Å²) >= 11 is 6.47. The van der Waals surface area contributed by atoms with Crippen molar-refractivity contribution in [1.82, 2.24) is 19.4 Å². The zero-order chi connectivity index (χ0) is 25.5. The number of hydrogen-bond donors (Lipinski definition) is 2. The highest BCUT2D eigenvalue weighted by molar-refractivity contribution is 6.33. The number of piperazine rings is 1. The van der Waals surface area contributed by atoms with Crippen molar-refractivity contribution in [3.63, 3.8) is 0 Å². The number of carboxylic acid groups (broad SMARTS) is 1. The summed E-state index contributed by atoms with van der Waals surface area (Å²) in [6, 6.07) is 14.5. The van der Waals surface area contributed by atoms with Crippen molar-refractivity contribution in [3.05, 3.63) is 71.2 Å². The Kier molecular flexibility index (Phi) is 5.88. The lowest BCUT2D eigenvalue weighted by molar-refractivity contribution is 0.142. The molecule has 1 saturated heterocycles. The fourth-order valence-electron chi connectivity index (χ4n) is 4.85. The van der Waals surface area contributed by atoms with Crippen LogP contribution >= 0.6 is 11.6 Å². The molecule has 188 valence electrons. The number of nitrogens with one attached hydrogen (secondary N) is 1. The lowest BCUT2D eigenvalue weighted by atomic mass is 10.0. The Balaban J connectivity index is 1.33. The number of pyridine rings is 1. The number of nitrogens with zero attached hydrogens (tertiary/aromatic N) is 6. The average Bonchev–Trinajstić information content (AvgIpc) is 3.40. The second kappa shape index (κ2) is 9.36. The van der Waals surface area contributed by atoms with E-state index < -0.39 is 11.9 Å². The van der Waals surface area contributed by atoms with Gasteiger partial charge in [-0.15, -0.1) is 0 Å². The van der Waals surface area contributed by atoms with Gasteiger partial charge in [0.15, 0.2) is 5.82 Å². The molecule has 1 fully saturated rings. The van der Waals surface area contributed by atoms with E-state index in [-0.39, 0.29) is 11.3 Å². The van der Waals surface area contributed by atoms with E-state index in [1.807, 2.05) is 35.2 Å². The van der Waals surface area contributed by atoms with Crippen LogP contribution in [0.5, 0.6) is 0 Å². The van der Waals surface area contributed by atoms with Crippen LogP contribution in [0.1, 0.15) is 0 Å². The summed E-state index contributed by atoms with van der Waals surface area (Å²) in [4.78, 5) is 27.8. The second-order valence-electron chi connectivity index (χ2n) is 8.92. The number of rotatable bonds is 3. The normalized spacial score (nSPS) is 15.7. The molecule has 11 heteroatoms.